The maximum atomic E-state index is 12.6. The average molecular weight is 673 g/mol. The topological polar surface area (TPSA) is 152 Å². The van der Waals surface area contributed by atoms with E-state index >= 15 is 0 Å². The van der Waals surface area contributed by atoms with Crippen molar-refractivity contribution in [3.8, 4) is 0 Å². The van der Waals surface area contributed by atoms with Gasteiger partial charge in [-0.15, -0.1) is 0 Å². The summed E-state index contributed by atoms with van der Waals surface area (Å²) in [5.41, 5.74) is 0. The molecule has 0 aromatic carbocycles. The van der Waals surface area contributed by atoms with Crippen molar-refractivity contribution in [2.75, 3.05) is 19.8 Å². The van der Waals surface area contributed by atoms with Gasteiger partial charge in [-0.2, -0.15) is 0 Å². The Kier molecular flexibility index (Phi) is 27.2. The lowest BCUT2D eigenvalue weighted by Crippen LogP contribution is -2.59. The molecule has 0 radical (unpaired) electrons. The summed E-state index contributed by atoms with van der Waals surface area (Å²) in [5.74, 6) is -0.826. The van der Waals surface area contributed by atoms with E-state index < -0.39 is 49.4 Å². The summed E-state index contributed by atoms with van der Waals surface area (Å²) in [7, 11) is 0. The van der Waals surface area contributed by atoms with E-state index in [1.807, 2.05) is 0 Å². The van der Waals surface area contributed by atoms with Gasteiger partial charge < -0.3 is 39.4 Å². The number of aliphatic hydroxyl groups is 4. The Balaban J connectivity index is 2.43. The summed E-state index contributed by atoms with van der Waals surface area (Å²) >= 11 is 0. The minimum Gasteiger partial charge on any atom is -0.462 e. The van der Waals surface area contributed by atoms with Gasteiger partial charge in [0.25, 0.3) is 0 Å². The van der Waals surface area contributed by atoms with Gasteiger partial charge in [-0.3, -0.25) is 9.59 Å². The van der Waals surface area contributed by atoms with Crippen molar-refractivity contribution >= 4 is 11.9 Å². The van der Waals surface area contributed by atoms with Gasteiger partial charge in [-0.25, -0.2) is 0 Å². The molecule has 1 heterocycles. The Morgan fingerprint density at radius 2 is 1.13 bits per heavy atom. The molecule has 47 heavy (non-hydrogen) atoms. The molecule has 0 saturated carbocycles. The second-order valence-corrected chi connectivity index (χ2v) is 13.0. The summed E-state index contributed by atoms with van der Waals surface area (Å²) < 4.78 is 22.0. The Morgan fingerprint density at radius 3 is 1.68 bits per heavy atom. The number of hydrogen-bond donors (Lipinski definition) is 4. The molecule has 0 aromatic heterocycles. The fourth-order valence-electron chi connectivity index (χ4n) is 5.59. The van der Waals surface area contributed by atoms with E-state index in [2.05, 4.69) is 26.0 Å². The lowest BCUT2D eigenvalue weighted by Gasteiger charge is -2.39. The molecule has 0 aliphatic carbocycles. The zero-order valence-electron chi connectivity index (χ0n) is 29.5. The van der Waals surface area contributed by atoms with Crippen LogP contribution >= 0.6 is 0 Å². The molecule has 1 aliphatic heterocycles. The van der Waals surface area contributed by atoms with Crippen LogP contribution in [0, 0.1) is 0 Å². The zero-order valence-corrected chi connectivity index (χ0v) is 29.5. The summed E-state index contributed by atoms with van der Waals surface area (Å²) in [6.07, 6.45) is 19.5. The molecule has 10 nitrogen and oxygen atoms in total. The first-order chi connectivity index (χ1) is 22.8. The van der Waals surface area contributed by atoms with Crippen LogP contribution in [0.5, 0.6) is 0 Å². The molecular formula is C37H68O10. The second kappa shape index (κ2) is 29.4. The quantitative estimate of drug-likeness (QED) is 0.0381. The van der Waals surface area contributed by atoms with Crippen molar-refractivity contribution in [3.05, 3.63) is 12.2 Å². The van der Waals surface area contributed by atoms with E-state index in [1.165, 1.54) is 77.0 Å². The normalized spacial score (nSPS) is 22.0. The smallest absolute Gasteiger partial charge is 0.306 e. The van der Waals surface area contributed by atoms with Gasteiger partial charge in [0, 0.05) is 12.8 Å². The standard InChI is InChI=1S/C37H68O10/c1-3-5-7-9-11-13-14-15-16-18-20-22-24-26-33(40)46-30(29-45-37-36(43)35(42)34(41)31(27-38)47-37)28-44-32(39)25-23-21-19-17-12-10-8-6-4-2/h15-16,30-31,34-38,41-43H,3-14,17-29H2,1-2H3/b16-15+/t30-,31-,34+,35?,36?,37-/m1/s1. The van der Waals surface area contributed by atoms with Crippen molar-refractivity contribution in [1.29, 1.82) is 0 Å². The van der Waals surface area contributed by atoms with Gasteiger partial charge in [-0.1, -0.05) is 116 Å². The number of unbranched alkanes of at least 4 members (excludes halogenated alkanes) is 17. The van der Waals surface area contributed by atoms with Crippen LogP contribution in [0.15, 0.2) is 12.2 Å². The van der Waals surface area contributed by atoms with E-state index in [1.54, 1.807) is 0 Å². The molecule has 4 N–H and O–H groups in total. The molecule has 1 fully saturated rings. The predicted octanol–water partition coefficient (Wildman–Crippen LogP) is 6.44. The molecule has 10 heteroatoms. The first kappa shape index (κ1) is 43.5. The molecule has 1 saturated heterocycles. The highest BCUT2D eigenvalue weighted by molar-refractivity contribution is 5.70. The highest BCUT2D eigenvalue weighted by atomic mass is 16.7. The molecule has 0 spiro atoms. The maximum absolute atomic E-state index is 12.6. The lowest BCUT2D eigenvalue weighted by molar-refractivity contribution is -0.305. The van der Waals surface area contributed by atoms with E-state index in [4.69, 9.17) is 18.9 Å². The van der Waals surface area contributed by atoms with E-state index in [-0.39, 0.29) is 32.0 Å². The molecule has 0 aromatic rings. The number of carbonyl (C=O) groups is 2. The van der Waals surface area contributed by atoms with Crippen LogP contribution < -0.4 is 0 Å². The van der Waals surface area contributed by atoms with Gasteiger partial charge in [-0.05, 0) is 38.5 Å². The number of allylic oxidation sites excluding steroid dienone is 2. The highest BCUT2D eigenvalue weighted by Gasteiger charge is 2.44. The number of ether oxygens (including phenoxy) is 4. The number of carbonyl (C=O) groups excluding carboxylic acids is 2. The van der Waals surface area contributed by atoms with Crippen LogP contribution in [0.3, 0.4) is 0 Å². The van der Waals surface area contributed by atoms with Crippen LogP contribution in [0.25, 0.3) is 0 Å². The Morgan fingerprint density at radius 1 is 0.638 bits per heavy atom. The van der Waals surface area contributed by atoms with Crippen molar-refractivity contribution < 1.29 is 49.0 Å². The first-order valence-corrected chi connectivity index (χ1v) is 18.8. The molecule has 6 atom stereocenters. The zero-order chi connectivity index (χ0) is 34.5. The summed E-state index contributed by atoms with van der Waals surface area (Å²) in [5, 5.41) is 39.8. The lowest BCUT2D eigenvalue weighted by atomic mass is 9.99. The molecule has 2 unspecified atom stereocenters. The monoisotopic (exact) mass is 672 g/mol. The van der Waals surface area contributed by atoms with Gasteiger partial charge in [0.2, 0.25) is 0 Å². The molecule has 1 aliphatic rings. The summed E-state index contributed by atoms with van der Waals surface area (Å²) in [6, 6.07) is 0. The molecule has 276 valence electrons. The maximum Gasteiger partial charge on any atom is 0.306 e. The van der Waals surface area contributed by atoms with E-state index in [9.17, 15) is 30.0 Å². The molecular weight excluding hydrogens is 604 g/mol. The van der Waals surface area contributed by atoms with E-state index in [0.29, 0.717) is 6.42 Å². The third-order valence-electron chi connectivity index (χ3n) is 8.65. The van der Waals surface area contributed by atoms with Crippen LogP contribution in [0.2, 0.25) is 0 Å². The minimum absolute atomic E-state index is 0.213. The predicted molar refractivity (Wildman–Crippen MR) is 183 cm³/mol. The van der Waals surface area contributed by atoms with E-state index in [0.717, 1.165) is 44.9 Å². The van der Waals surface area contributed by atoms with Crippen LogP contribution in [0.4, 0.5) is 0 Å². The van der Waals surface area contributed by atoms with Gasteiger partial charge in [0.1, 0.15) is 31.0 Å². The van der Waals surface area contributed by atoms with Crippen LogP contribution in [-0.4, -0.2) is 89.0 Å². The van der Waals surface area contributed by atoms with Crippen LogP contribution in [-0.2, 0) is 28.5 Å². The summed E-state index contributed by atoms with van der Waals surface area (Å²) in [6.45, 7) is 3.35. The van der Waals surface area contributed by atoms with Crippen molar-refractivity contribution in [3.63, 3.8) is 0 Å². The number of rotatable bonds is 30. The molecule has 0 amide bonds. The average Bonchev–Trinajstić information content (AvgIpc) is 3.06. The third-order valence-corrected chi connectivity index (χ3v) is 8.65. The SMILES string of the molecule is CCCCCCCC/C=C/CCCCCC(=O)O[C@H](COC(=O)CCCCCCCCCCC)CO[C@@H]1O[C@H](CO)[C@H](O)C(O)C1O. The number of aliphatic hydroxyl groups excluding tert-OH is 4. The first-order valence-electron chi connectivity index (χ1n) is 18.8. The number of hydrogen-bond acceptors (Lipinski definition) is 10. The van der Waals surface area contributed by atoms with Crippen molar-refractivity contribution in [2.24, 2.45) is 0 Å². The fourth-order valence-corrected chi connectivity index (χ4v) is 5.59. The van der Waals surface area contributed by atoms with Crippen molar-refractivity contribution in [1.82, 2.24) is 0 Å². The van der Waals surface area contributed by atoms with Gasteiger partial charge in [0.05, 0.1) is 13.2 Å². The molecule has 0 bridgehead atoms. The van der Waals surface area contributed by atoms with Crippen LogP contribution in [0.1, 0.15) is 155 Å². The fraction of sp³-hybridized carbons (Fsp3) is 0.892. The van der Waals surface area contributed by atoms with Gasteiger partial charge in [0.15, 0.2) is 12.4 Å². The third kappa shape index (κ3) is 21.9. The Labute approximate surface area is 284 Å². The number of esters is 2. The minimum atomic E-state index is -1.59. The molecule has 1 rings (SSSR count). The Hall–Kier alpha value is -1.56. The highest BCUT2D eigenvalue weighted by Crippen LogP contribution is 2.22. The largest absolute Gasteiger partial charge is 0.462 e. The second-order valence-electron chi connectivity index (χ2n) is 13.0. The van der Waals surface area contributed by atoms with Gasteiger partial charge >= 0.3 is 11.9 Å². The van der Waals surface area contributed by atoms with Crippen molar-refractivity contribution in [2.45, 2.75) is 192 Å². The summed E-state index contributed by atoms with van der Waals surface area (Å²) in [4.78, 5) is 25.1. The Bertz CT molecular complexity index is 789.